The number of rotatable bonds is 4. The molecular weight excluding hydrogens is 302 g/mol. The lowest BCUT2D eigenvalue weighted by Gasteiger charge is -2.28. The van der Waals surface area contributed by atoms with Crippen LogP contribution < -0.4 is 4.90 Å². The molecule has 0 aliphatic carbocycles. The Hall–Kier alpha value is -2.69. The third kappa shape index (κ3) is 3.79. The van der Waals surface area contributed by atoms with E-state index in [2.05, 4.69) is 34.2 Å². The second kappa shape index (κ2) is 7.25. The lowest BCUT2D eigenvalue weighted by molar-refractivity contribution is -0.384. The molecule has 1 aliphatic rings. The normalized spacial score (nSPS) is 15.0. The monoisotopic (exact) mass is 323 g/mol. The van der Waals surface area contributed by atoms with Gasteiger partial charge in [-0.25, -0.2) is 0 Å². The first kappa shape index (κ1) is 16.2. The fourth-order valence-corrected chi connectivity index (χ4v) is 2.97. The maximum atomic E-state index is 10.8. The van der Waals surface area contributed by atoms with E-state index in [1.807, 2.05) is 6.92 Å². The van der Waals surface area contributed by atoms with Gasteiger partial charge in [-0.05, 0) is 55.5 Å². The van der Waals surface area contributed by atoms with Gasteiger partial charge in [0.15, 0.2) is 0 Å². The van der Waals surface area contributed by atoms with Gasteiger partial charge >= 0.3 is 0 Å². The average Bonchev–Trinajstić information content (AvgIpc) is 2.62. The topological polar surface area (TPSA) is 58.7 Å². The lowest BCUT2D eigenvalue weighted by atomic mass is 10.1. The van der Waals surface area contributed by atoms with Crippen molar-refractivity contribution in [3.05, 3.63) is 63.7 Å². The van der Waals surface area contributed by atoms with Crippen LogP contribution >= 0.6 is 0 Å². The van der Waals surface area contributed by atoms with Gasteiger partial charge in [-0.2, -0.15) is 0 Å². The summed E-state index contributed by atoms with van der Waals surface area (Å²) >= 11 is 0. The molecule has 0 aromatic heterocycles. The maximum absolute atomic E-state index is 10.8. The van der Waals surface area contributed by atoms with Crippen molar-refractivity contribution in [2.75, 3.05) is 18.0 Å². The minimum absolute atomic E-state index is 0.0948. The summed E-state index contributed by atoms with van der Waals surface area (Å²) in [6.45, 7) is 4.10. The largest absolute Gasteiger partial charge is 0.372 e. The van der Waals surface area contributed by atoms with Gasteiger partial charge in [-0.15, -0.1) is 0 Å². The van der Waals surface area contributed by atoms with E-state index in [0.717, 1.165) is 29.9 Å². The van der Waals surface area contributed by atoms with Crippen LogP contribution in [0.25, 0.3) is 0 Å². The molecule has 3 rings (SSSR count). The molecule has 0 N–H and O–H groups in total. The first-order valence-electron chi connectivity index (χ1n) is 8.27. The van der Waals surface area contributed by atoms with Crippen LogP contribution in [0.2, 0.25) is 0 Å². The van der Waals surface area contributed by atoms with Crippen LogP contribution in [0, 0.1) is 17.0 Å². The molecule has 2 aromatic rings. The summed E-state index contributed by atoms with van der Waals surface area (Å²) < 4.78 is 0. The van der Waals surface area contributed by atoms with Gasteiger partial charge in [0, 0.05) is 37.1 Å². The van der Waals surface area contributed by atoms with Gasteiger partial charge in [0.2, 0.25) is 0 Å². The van der Waals surface area contributed by atoms with E-state index in [-0.39, 0.29) is 10.6 Å². The van der Waals surface area contributed by atoms with Gasteiger partial charge in [-0.3, -0.25) is 15.1 Å². The van der Waals surface area contributed by atoms with E-state index in [1.165, 1.54) is 31.0 Å². The van der Waals surface area contributed by atoms with E-state index >= 15 is 0 Å². The number of nitro benzene ring substituents is 1. The Morgan fingerprint density at radius 2 is 1.79 bits per heavy atom. The number of non-ortho nitro benzene ring substituents is 1. The highest BCUT2D eigenvalue weighted by atomic mass is 16.6. The Balaban J connectivity index is 1.71. The molecule has 2 aromatic carbocycles. The average molecular weight is 323 g/mol. The van der Waals surface area contributed by atoms with Crippen LogP contribution in [0.4, 0.5) is 17.1 Å². The van der Waals surface area contributed by atoms with E-state index in [4.69, 9.17) is 0 Å². The molecular formula is C19H21N3O2. The summed E-state index contributed by atoms with van der Waals surface area (Å²) in [5, 5.41) is 10.8. The molecule has 0 bridgehead atoms. The molecule has 1 aliphatic heterocycles. The van der Waals surface area contributed by atoms with Crippen LogP contribution in [0.15, 0.2) is 47.5 Å². The Morgan fingerprint density at radius 1 is 1.08 bits per heavy atom. The molecule has 0 radical (unpaired) electrons. The van der Waals surface area contributed by atoms with Crippen LogP contribution in [-0.2, 0) is 0 Å². The summed E-state index contributed by atoms with van der Waals surface area (Å²) in [6.07, 6.45) is 5.66. The highest BCUT2D eigenvalue weighted by molar-refractivity contribution is 5.83. The number of nitro groups is 1. The van der Waals surface area contributed by atoms with Crippen LogP contribution in [0.5, 0.6) is 0 Å². The van der Waals surface area contributed by atoms with Crippen molar-refractivity contribution in [3.8, 4) is 0 Å². The van der Waals surface area contributed by atoms with Crippen molar-refractivity contribution in [2.45, 2.75) is 26.2 Å². The molecule has 0 unspecified atom stereocenters. The quantitative estimate of drug-likeness (QED) is 0.468. The number of aliphatic imine (C=N–C) groups is 1. The molecule has 1 saturated heterocycles. The van der Waals surface area contributed by atoms with E-state index in [9.17, 15) is 10.1 Å². The zero-order valence-electron chi connectivity index (χ0n) is 13.8. The minimum atomic E-state index is -0.389. The van der Waals surface area contributed by atoms with Gasteiger partial charge < -0.3 is 4.90 Å². The number of piperidine rings is 1. The number of anilines is 1. The van der Waals surface area contributed by atoms with Gasteiger partial charge in [0.25, 0.3) is 5.69 Å². The maximum Gasteiger partial charge on any atom is 0.269 e. The van der Waals surface area contributed by atoms with Gasteiger partial charge in [0.1, 0.15) is 0 Å². The first-order chi connectivity index (χ1) is 11.6. The van der Waals surface area contributed by atoms with Crippen LogP contribution in [-0.4, -0.2) is 24.2 Å². The van der Waals surface area contributed by atoms with Crippen molar-refractivity contribution >= 4 is 23.3 Å². The van der Waals surface area contributed by atoms with Crippen molar-refractivity contribution in [3.63, 3.8) is 0 Å². The zero-order chi connectivity index (χ0) is 16.9. The molecule has 1 fully saturated rings. The van der Waals surface area contributed by atoms with Gasteiger partial charge in [0.05, 0.1) is 10.6 Å². The van der Waals surface area contributed by atoms with Crippen LogP contribution in [0.3, 0.4) is 0 Å². The van der Waals surface area contributed by atoms with E-state index in [1.54, 1.807) is 18.3 Å². The SMILES string of the molecule is Cc1cc([N+](=O)[O-])ccc1N=Cc1ccc(N2CCCCC2)cc1. The van der Waals surface area contributed by atoms with Gasteiger partial charge in [-0.1, -0.05) is 12.1 Å². The Kier molecular flexibility index (Phi) is 4.89. The van der Waals surface area contributed by atoms with Crippen LogP contribution in [0.1, 0.15) is 30.4 Å². The van der Waals surface area contributed by atoms with Crippen molar-refractivity contribution in [1.29, 1.82) is 0 Å². The number of hydrogen-bond acceptors (Lipinski definition) is 4. The second-order valence-electron chi connectivity index (χ2n) is 6.13. The van der Waals surface area contributed by atoms with Crippen molar-refractivity contribution < 1.29 is 4.92 Å². The van der Waals surface area contributed by atoms with E-state index in [0.29, 0.717) is 0 Å². The first-order valence-corrected chi connectivity index (χ1v) is 8.27. The summed E-state index contributed by atoms with van der Waals surface area (Å²) in [7, 11) is 0. The third-order valence-electron chi connectivity index (χ3n) is 4.36. The molecule has 124 valence electrons. The summed E-state index contributed by atoms with van der Waals surface area (Å²) in [5.41, 5.74) is 3.93. The predicted molar refractivity (Wildman–Crippen MR) is 97.6 cm³/mol. The summed E-state index contributed by atoms with van der Waals surface area (Å²) in [6, 6.07) is 13.1. The van der Waals surface area contributed by atoms with Crippen molar-refractivity contribution in [1.82, 2.24) is 0 Å². The zero-order valence-corrected chi connectivity index (χ0v) is 13.8. The summed E-state index contributed by atoms with van der Waals surface area (Å²) in [5.74, 6) is 0. The highest BCUT2D eigenvalue weighted by Crippen LogP contribution is 2.24. The molecule has 0 amide bonds. The molecule has 5 nitrogen and oxygen atoms in total. The molecule has 24 heavy (non-hydrogen) atoms. The second-order valence-corrected chi connectivity index (χ2v) is 6.13. The van der Waals surface area contributed by atoms with E-state index < -0.39 is 0 Å². The molecule has 0 atom stereocenters. The Labute approximate surface area is 141 Å². The fraction of sp³-hybridized carbons (Fsp3) is 0.316. The number of benzene rings is 2. The predicted octanol–water partition coefficient (Wildman–Crippen LogP) is 4.64. The standard InChI is InChI=1S/C19H21N3O2/c1-15-13-18(22(23)24)9-10-19(15)20-14-16-5-7-17(8-6-16)21-11-3-2-4-12-21/h5-10,13-14H,2-4,11-12H2,1H3. The van der Waals surface area contributed by atoms with Crippen molar-refractivity contribution in [2.24, 2.45) is 4.99 Å². The molecule has 0 spiro atoms. The minimum Gasteiger partial charge on any atom is -0.372 e. The summed E-state index contributed by atoms with van der Waals surface area (Å²) in [4.78, 5) is 17.3. The third-order valence-corrected chi connectivity index (χ3v) is 4.36. The Bertz CT molecular complexity index is 748. The highest BCUT2D eigenvalue weighted by Gasteiger charge is 2.10. The number of hydrogen-bond donors (Lipinski definition) is 0. The number of aryl methyl sites for hydroxylation is 1. The molecule has 1 heterocycles. The number of nitrogens with zero attached hydrogens (tertiary/aromatic N) is 3. The molecule has 5 heteroatoms. The fourth-order valence-electron chi connectivity index (χ4n) is 2.97. The molecule has 0 saturated carbocycles. The Morgan fingerprint density at radius 3 is 2.42 bits per heavy atom. The smallest absolute Gasteiger partial charge is 0.269 e. The lowest BCUT2D eigenvalue weighted by Crippen LogP contribution is -2.29.